The van der Waals surface area contributed by atoms with Gasteiger partial charge in [-0.1, -0.05) is 41.9 Å². The van der Waals surface area contributed by atoms with E-state index in [0.29, 0.717) is 21.9 Å². The number of aromatic nitrogens is 1. The van der Waals surface area contributed by atoms with Crippen LogP contribution in [0.4, 0.5) is 0 Å². The van der Waals surface area contributed by atoms with Gasteiger partial charge < -0.3 is 9.64 Å². The van der Waals surface area contributed by atoms with Crippen molar-refractivity contribution in [2.24, 2.45) is 0 Å². The lowest BCUT2D eigenvalue weighted by Crippen LogP contribution is -2.27. The van der Waals surface area contributed by atoms with Crippen molar-refractivity contribution in [2.45, 2.75) is 26.4 Å². The fourth-order valence-electron chi connectivity index (χ4n) is 3.43. The summed E-state index contributed by atoms with van der Waals surface area (Å²) in [4.78, 5) is 31.6. The maximum absolute atomic E-state index is 13.0. The smallest absolute Gasteiger partial charge is 0.362 e. The van der Waals surface area contributed by atoms with E-state index in [1.807, 2.05) is 38.1 Å². The van der Waals surface area contributed by atoms with Crippen LogP contribution in [0, 0.1) is 6.92 Å². The fraction of sp³-hybridized carbons (Fsp3) is 0.174. The Kier molecular flexibility index (Phi) is 5.07. The Balaban J connectivity index is 1.62. The monoisotopic (exact) mass is 406 g/mol. The van der Waals surface area contributed by atoms with Crippen molar-refractivity contribution < 1.29 is 14.3 Å². The van der Waals surface area contributed by atoms with Crippen molar-refractivity contribution >= 4 is 23.5 Å². The van der Waals surface area contributed by atoms with Gasteiger partial charge in [-0.3, -0.25) is 4.79 Å². The molecule has 0 aliphatic carbocycles. The van der Waals surface area contributed by atoms with Crippen molar-refractivity contribution in [1.29, 1.82) is 0 Å². The van der Waals surface area contributed by atoms with Gasteiger partial charge in [-0.05, 0) is 49.2 Å². The molecule has 0 radical (unpaired) electrons. The van der Waals surface area contributed by atoms with Gasteiger partial charge in [-0.25, -0.2) is 9.78 Å². The molecular formula is C23H19ClN2O3. The van der Waals surface area contributed by atoms with Crippen LogP contribution in [-0.4, -0.2) is 21.8 Å². The average Bonchev–Trinajstić information content (AvgIpc) is 3.07. The number of hydrogen-bond acceptors (Lipinski definition) is 4. The third kappa shape index (κ3) is 3.61. The average molecular weight is 407 g/mol. The Morgan fingerprint density at radius 2 is 1.93 bits per heavy atom. The highest BCUT2D eigenvalue weighted by atomic mass is 35.5. The molecule has 4 rings (SSSR count). The topological polar surface area (TPSA) is 59.5 Å². The zero-order chi connectivity index (χ0) is 20.5. The Morgan fingerprint density at radius 3 is 2.66 bits per heavy atom. The minimum atomic E-state index is -0.575. The number of para-hydroxylation sites is 1. The summed E-state index contributed by atoms with van der Waals surface area (Å²) in [5, 5.41) is 0.660. The Bertz CT molecular complexity index is 1100. The second-order valence-corrected chi connectivity index (χ2v) is 7.41. The van der Waals surface area contributed by atoms with Crippen molar-refractivity contribution in [3.63, 3.8) is 0 Å². The SMILES string of the molecule is Cc1ccc(C(C)N2Cc3c(ccnc3C(=O)Oc3ccccc3)C2=O)cc1Cl. The normalized spacial score (nSPS) is 13.9. The Labute approximate surface area is 173 Å². The van der Waals surface area contributed by atoms with E-state index in [9.17, 15) is 9.59 Å². The van der Waals surface area contributed by atoms with E-state index in [1.54, 1.807) is 35.2 Å². The van der Waals surface area contributed by atoms with Gasteiger partial charge in [-0.2, -0.15) is 0 Å². The lowest BCUT2D eigenvalue weighted by Gasteiger charge is -2.25. The number of amides is 1. The number of nitrogens with zero attached hydrogens (tertiary/aromatic N) is 2. The van der Waals surface area contributed by atoms with E-state index < -0.39 is 5.97 Å². The summed E-state index contributed by atoms with van der Waals surface area (Å²) in [6, 6.07) is 16.0. The number of aryl methyl sites for hydroxylation is 1. The number of fused-ring (bicyclic) bond motifs is 1. The zero-order valence-corrected chi connectivity index (χ0v) is 16.8. The van der Waals surface area contributed by atoms with E-state index in [1.165, 1.54) is 6.20 Å². The molecule has 5 nitrogen and oxygen atoms in total. The number of ether oxygens (including phenoxy) is 1. The van der Waals surface area contributed by atoms with Gasteiger partial charge in [-0.15, -0.1) is 0 Å². The van der Waals surface area contributed by atoms with Crippen LogP contribution in [0.1, 0.15) is 50.5 Å². The van der Waals surface area contributed by atoms with Crippen LogP contribution in [0.25, 0.3) is 0 Å². The predicted molar refractivity (Wildman–Crippen MR) is 110 cm³/mol. The summed E-state index contributed by atoms with van der Waals surface area (Å²) >= 11 is 6.26. The van der Waals surface area contributed by atoms with Crippen LogP contribution in [0.15, 0.2) is 60.8 Å². The van der Waals surface area contributed by atoms with E-state index in [-0.39, 0.29) is 24.2 Å². The van der Waals surface area contributed by atoms with Crippen LogP contribution < -0.4 is 4.74 Å². The molecule has 1 atom stereocenters. The number of carbonyl (C=O) groups excluding carboxylic acids is 2. The number of esters is 1. The molecule has 1 aliphatic rings. The molecule has 0 saturated heterocycles. The van der Waals surface area contributed by atoms with Crippen molar-refractivity contribution in [1.82, 2.24) is 9.88 Å². The number of pyridine rings is 1. The molecule has 1 unspecified atom stereocenters. The van der Waals surface area contributed by atoms with Crippen molar-refractivity contribution in [3.05, 3.63) is 93.8 Å². The predicted octanol–water partition coefficient (Wildman–Crippen LogP) is 4.98. The van der Waals surface area contributed by atoms with Gasteiger partial charge >= 0.3 is 5.97 Å². The van der Waals surface area contributed by atoms with Crippen LogP contribution in [-0.2, 0) is 6.54 Å². The lowest BCUT2D eigenvalue weighted by atomic mass is 10.1. The molecule has 2 aromatic carbocycles. The van der Waals surface area contributed by atoms with Crippen LogP contribution in [0.2, 0.25) is 5.02 Å². The molecular weight excluding hydrogens is 388 g/mol. The van der Waals surface area contributed by atoms with Gasteiger partial charge in [0.2, 0.25) is 0 Å². The van der Waals surface area contributed by atoms with Gasteiger partial charge in [0.1, 0.15) is 5.75 Å². The van der Waals surface area contributed by atoms with E-state index >= 15 is 0 Å². The largest absolute Gasteiger partial charge is 0.422 e. The first-order chi connectivity index (χ1) is 14.0. The van der Waals surface area contributed by atoms with E-state index in [2.05, 4.69) is 4.98 Å². The molecule has 29 heavy (non-hydrogen) atoms. The number of halogens is 1. The van der Waals surface area contributed by atoms with Gasteiger partial charge in [0.15, 0.2) is 5.69 Å². The first-order valence-electron chi connectivity index (χ1n) is 9.28. The minimum absolute atomic E-state index is 0.139. The summed E-state index contributed by atoms with van der Waals surface area (Å²) in [6.45, 7) is 4.16. The molecule has 6 heteroatoms. The molecule has 0 spiro atoms. The Hall–Kier alpha value is -3.18. The third-order valence-corrected chi connectivity index (χ3v) is 5.58. The Morgan fingerprint density at radius 1 is 1.17 bits per heavy atom. The van der Waals surface area contributed by atoms with Gasteiger partial charge in [0, 0.05) is 28.9 Å². The molecule has 1 amide bonds. The quantitative estimate of drug-likeness (QED) is 0.453. The summed E-state index contributed by atoms with van der Waals surface area (Å²) in [6.07, 6.45) is 1.47. The lowest BCUT2D eigenvalue weighted by molar-refractivity contribution is 0.0701. The summed E-state index contributed by atoms with van der Waals surface area (Å²) in [5.74, 6) is -0.283. The van der Waals surface area contributed by atoms with Crippen molar-refractivity contribution in [3.8, 4) is 5.75 Å². The molecule has 2 heterocycles. The highest BCUT2D eigenvalue weighted by Gasteiger charge is 2.35. The second kappa shape index (κ2) is 7.68. The molecule has 0 saturated carbocycles. The molecule has 0 bridgehead atoms. The maximum atomic E-state index is 13.0. The standard InChI is InChI=1S/C23H19ClN2O3/c1-14-8-9-16(12-20(14)24)15(2)26-13-19-18(22(26)27)10-11-25-21(19)23(28)29-17-6-4-3-5-7-17/h3-12,15H,13H2,1-2H3. The number of rotatable bonds is 4. The number of hydrogen-bond donors (Lipinski definition) is 0. The highest BCUT2D eigenvalue weighted by molar-refractivity contribution is 6.31. The van der Waals surface area contributed by atoms with Crippen LogP contribution in [0.3, 0.4) is 0 Å². The van der Waals surface area contributed by atoms with Crippen molar-refractivity contribution in [2.75, 3.05) is 0 Å². The fourth-order valence-corrected chi connectivity index (χ4v) is 3.62. The second-order valence-electron chi connectivity index (χ2n) is 7.01. The number of carbonyl (C=O) groups is 2. The highest BCUT2D eigenvalue weighted by Crippen LogP contribution is 2.33. The maximum Gasteiger partial charge on any atom is 0.362 e. The van der Waals surface area contributed by atoms with Gasteiger partial charge in [0.05, 0.1) is 6.04 Å². The number of benzene rings is 2. The first kappa shape index (κ1) is 19.2. The minimum Gasteiger partial charge on any atom is -0.422 e. The molecule has 0 fully saturated rings. The van der Waals surface area contributed by atoms with E-state index in [0.717, 1.165) is 11.1 Å². The zero-order valence-electron chi connectivity index (χ0n) is 16.1. The first-order valence-corrected chi connectivity index (χ1v) is 9.65. The molecule has 146 valence electrons. The van der Waals surface area contributed by atoms with Gasteiger partial charge in [0.25, 0.3) is 5.91 Å². The third-order valence-electron chi connectivity index (χ3n) is 5.17. The van der Waals surface area contributed by atoms with Crippen LogP contribution >= 0.6 is 11.6 Å². The summed E-state index contributed by atoms with van der Waals surface area (Å²) < 4.78 is 5.42. The van der Waals surface area contributed by atoms with E-state index in [4.69, 9.17) is 16.3 Å². The summed E-state index contributed by atoms with van der Waals surface area (Å²) in [5.41, 5.74) is 3.14. The molecule has 1 aromatic heterocycles. The molecule has 0 N–H and O–H groups in total. The summed E-state index contributed by atoms with van der Waals surface area (Å²) in [7, 11) is 0. The molecule has 1 aliphatic heterocycles. The molecule has 3 aromatic rings. The van der Waals surface area contributed by atoms with Crippen LogP contribution in [0.5, 0.6) is 5.75 Å².